The summed E-state index contributed by atoms with van der Waals surface area (Å²) in [6, 6.07) is 9.37. The van der Waals surface area contributed by atoms with Crippen LogP contribution in [-0.2, 0) is 26.1 Å². The molecule has 10 heteroatoms. The molecule has 0 atom stereocenters. The monoisotopic (exact) mass is 448 g/mol. The van der Waals surface area contributed by atoms with Gasteiger partial charge in [0.25, 0.3) is 0 Å². The molecule has 0 spiro atoms. The van der Waals surface area contributed by atoms with Crippen LogP contribution in [0.5, 0.6) is 0 Å². The fraction of sp³-hybridized carbons (Fsp3) is 0.278. The Morgan fingerprint density at radius 1 is 1.18 bits per heavy atom. The van der Waals surface area contributed by atoms with Crippen LogP contribution in [0.2, 0.25) is 10.0 Å². The van der Waals surface area contributed by atoms with E-state index in [9.17, 15) is 17.6 Å². The molecular weight excluding hydrogens is 430 g/mol. The number of carbonyl (C=O) groups is 1. The highest BCUT2D eigenvalue weighted by Gasteiger charge is 2.29. The zero-order chi connectivity index (χ0) is 20.7. The van der Waals surface area contributed by atoms with E-state index in [1.165, 1.54) is 49.6 Å². The van der Waals surface area contributed by atoms with Crippen LogP contribution in [-0.4, -0.2) is 45.4 Å². The van der Waals surface area contributed by atoms with Gasteiger partial charge in [-0.25, -0.2) is 12.8 Å². The molecule has 152 valence electrons. The van der Waals surface area contributed by atoms with Crippen molar-refractivity contribution in [2.24, 2.45) is 0 Å². The Bertz CT molecular complexity index is 924. The van der Waals surface area contributed by atoms with Crippen molar-refractivity contribution in [2.75, 3.05) is 26.8 Å². The van der Waals surface area contributed by atoms with E-state index in [1.54, 1.807) is 0 Å². The first-order chi connectivity index (χ1) is 13.2. The van der Waals surface area contributed by atoms with Gasteiger partial charge in [0.2, 0.25) is 15.9 Å². The number of rotatable bonds is 9. The lowest BCUT2D eigenvalue weighted by Crippen LogP contribution is -2.41. The first kappa shape index (κ1) is 22.6. The summed E-state index contributed by atoms with van der Waals surface area (Å²) in [5.74, 6) is -0.964. The van der Waals surface area contributed by atoms with Crippen molar-refractivity contribution in [1.29, 1.82) is 0 Å². The third-order valence-corrected chi connectivity index (χ3v) is 6.24. The molecule has 0 bridgehead atoms. The van der Waals surface area contributed by atoms with E-state index in [4.69, 9.17) is 27.9 Å². The van der Waals surface area contributed by atoms with E-state index in [1.807, 2.05) is 0 Å². The Balaban J connectivity index is 2.34. The summed E-state index contributed by atoms with van der Waals surface area (Å²) in [6.45, 7) is -0.0797. The van der Waals surface area contributed by atoms with E-state index < -0.39 is 28.3 Å². The molecule has 0 saturated carbocycles. The smallest absolute Gasteiger partial charge is 0.245 e. The lowest BCUT2D eigenvalue weighted by atomic mass is 10.2. The van der Waals surface area contributed by atoms with E-state index in [-0.39, 0.29) is 34.6 Å². The van der Waals surface area contributed by atoms with Crippen molar-refractivity contribution in [3.05, 3.63) is 63.9 Å². The predicted octanol–water partition coefficient (Wildman–Crippen LogP) is 3.09. The average molecular weight is 449 g/mol. The molecule has 0 heterocycles. The molecule has 0 aliphatic carbocycles. The van der Waals surface area contributed by atoms with Gasteiger partial charge in [0.1, 0.15) is 10.7 Å². The van der Waals surface area contributed by atoms with E-state index in [0.717, 1.165) is 4.31 Å². The van der Waals surface area contributed by atoms with Gasteiger partial charge in [0.05, 0.1) is 18.2 Å². The summed E-state index contributed by atoms with van der Waals surface area (Å²) >= 11 is 12.0. The highest BCUT2D eigenvalue weighted by molar-refractivity contribution is 7.89. The zero-order valence-electron chi connectivity index (χ0n) is 15.0. The summed E-state index contributed by atoms with van der Waals surface area (Å²) in [5.41, 5.74) is 0.507. The van der Waals surface area contributed by atoms with Crippen LogP contribution < -0.4 is 5.32 Å². The number of nitrogens with zero attached hydrogens (tertiary/aromatic N) is 1. The molecule has 0 saturated heterocycles. The molecule has 0 fully saturated rings. The van der Waals surface area contributed by atoms with Crippen LogP contribution in [0.1, 0.15) is 5.56 Å². The van der Waals surface area contributed by atoms with Crippen molar-refractivity contribution in [3.63, 3.8) is 0 Å². The summed E-state index contributed by atoms with van der Waals surface area (Å²) in [4.78, 5) is 12.0. The minimum absolute atomic E-state index is 0.0201. The van der Waals surface area contributed by atoms with E-state index >= 15 is 0 Å². The van der Waals surface area contributed by atoms with Crippen LogP contribution in [0, 0.1) is 5.82 Å². The third kappa shape index (κ3) is 6.15. The Kier molecular flexibility index (Phi) is 8.21. The Hall–Kier alpha value is -1.71. The van der Waals surface area contributed by atoms with Crippen molar-refractivity contribution in [1.82, 2.24) is 9.62 Å². The number of hydrogen-bond donors (Lipinski definition) is 1. The molecular formula is C18H19Cl2FN2O4S. The highest BCUT2D eigenvalue weighted by atomic mass is 35.5. The standard InChI is InChI=1S/C18H19Cl2FN2O4S/c1-27-9-8-22-18(24)12-23(11-13-2-5-15(21)6-3-13)28(25,26)17-10-14(19)4-7-16(17)20/h2-7,10H,8-9,11-12H2,1H3,(H,22,24). The maximum atomic E-state index is 13.2. The molecule has 0 unspecified atom stereocenters. The Morgan fingerprint density at radius 2 is 1.86 bits per heavy atom. The van der Waals surface area contributed by atoms with E-state index in [0.29, 0.717) is 5.56 Å². The second kappa shape index (κ2) is 10.2. The first-order valence-corrected chi connectivity index (χ1v) is 10.4. The second-order valence-electron chi connectivity index (χ2n) is 5.82. The summed E-state index contributed by atoms with van der Waals surface area (Å²) in [5, 5.41) is 2.74. The third-order valence-electron chi connectivity index (χ3n) is 3.73. The maximum absolute atomic E-state index is 13.2. The molecule has 1 N–H and O–H groups in total. The van der Waals surface area contributed by atoms with Crippen molar-refractivity contribution >= 4 is 39.1 Å². The fourth-order valence-electron chi connectivity index (χ4n) is 2.34. The Morgan fingerprint density at radius 3 is 2.50 bits per heavy atom. The van der Waals surface area contributed by atoms with Gasteiger partial charge in [-0.05, 0) is 35.9 Å². The lowest BCUT2D eigenvalue weighted by Gasteiger charge is -2.22. The molecule has 1 amide bonds. The molecule has 0 aliphatic rings. The number of amides is 1. The van der Waals surface area contributed by atoms with Gasteiger partial charge in [0, 0.05) is 25.2 Å². The molecule has 0 radical (unpaired) electrons. The fourth-order valence-corrected chi connectivity index (χ4v) is 4.46. The van der Waals surface area contributed by atoms with E-state index in [2.05, 4.69) is 5.32 Å². The topological polar surface area (TPSA) is 75.7 Å². The molecule has 0 aromatic heterocycles. The van der Waals surface area contributed by atoms with Gasteiger partial charge in [-0.2, -0.15) is 4.31 Å². The zero-order valence-corrected chi connectivity index (χ0v) is 17.3. The van der Waals surface area contributed by atoms with Crippen LogP contribution in [0.4, 0.5) is 4.39 Å². The number of sulfonamides is 1. The van der Waals surface area contributed by atoms with Crippen molar-refractivity contribution in [3.8, 4) is 0 Å². The average Bonchev–Trinajstić information content (AvgIpc) is 2.65. The van der Waals surface area contributed by atoms with Gasteiger partial charge in [-0.1, -0.05) is 35.3 Å². The molecule has 2 aromatic rings. The van der Waals surface area contributed by atoms with Gasteiger partial charge in [0.15, 0.2) is 0 Å². The number of carbonyl (C=O) groups excluding carboxylic acids is 1. The summed E-state index contributed by atoms with van der Waals surface area (Å²) in [7, 11) is -2.67. The van der Waals surface area contributed by atoms with Gasteiger partial charge in [-0.15, -0.1) is 0 Å². The summed E-state index contributed by atoms with van der Waals surface area (Å²) in [6.07, 6.45) is 0. The lowest BCUT2D eigenvalue weighted by molar-refractivity contribution is -0.121. The van der Waals surface area contributed by atoms with Crippen LogP contribution >= 0.6 is 23.2 Å². The van der Waals surface area contributed by atoms with Gasteiger partial charge >= 0.3 is 0 Å². The highest BCUT2D eigenvalue weighted by Crippen LogP contribution is 2.28. The van der Waals surface area contributed by atoms with Crippen molar-refractivity contribution < 1.29 is 22.3 Å². The Labute approximate surface area is 173 Å². The minimum Gasteiger partial charge on any atom is -0.383 e. The summed E-state index contributed by atoms with van der Waals surface area (Å²) < 4.78 is 45.3. The number of nitrogens with one attached hydrogen (secondary N) is 1. The van der Waals surface area contributed by atoms with Crippen molar-refractivity contribution in [2.45, 2.75) is 11.4 Å². The van der Waals surface area contributed by atoms with Crippen LogP contribution in [0.3, 0.4) is 0 Å². The second-order valence-corrected chi connectivity index (χ2v) is 8.57. The largest absolute Gasteiger partial charge is 0.383 e. The van der Waals surface area contributed by atoms with Gasteiger partial charge in [-0.3, -0.25) is 4.79 Å². The SMILES string of the molecule is COCCNC(=O)CN(Cc1ccc(F)cc1)S(=O)(=O)c1cc(Cl)ccc1Cl. The normalized spacial score (nSPS) is 11.6. The van der Waals surface area contributed by atoms with Crippen LogP contribution in [0.25, 0.3) is 0 Å². The number of methoxy groups -OCH3 is 1. The number of halogens is 3. The number of hydrogen-bond acceptors (Lipinski definition) is 4. The first-order valence-electron chi connectivity index (χ1n) is 8.19. The predicted molar refractivity (Wildman–Crippen MR) is 105 cm³/mol. The molecule has 28 heavy (non-hydrogen) atoms. The molecule has 0 aliphatic heterocycles. The maximum Gasteiger partial charge on any atom is 0.245 e. The molecule has 2 rings (SSSR count). The minimum atomic E-state index is -4.16. The number of ether oxygens (including phenoxy) is 1. The molecule has 2 aromatic carbocycles. The van der Waals surface area contributed by atoms with Gasteiger partial charge < -0.3 is 10.1 Å². The number of benzene rings is 2. The van der Waals surface area contributed by atoms with Crippen LogP contribution in [0.15, 0.2) is 47.4 Å². The quantitative estimate of drug-likeness (QED) is 0.598. The molecule has 6 nitrogen and oxygen atoms in total.